The largest absolute Gasteiger partial charge is 0.434 e. The van der Waals surface area contributed by atoms with E-state index in [-0.39, 0.29) is 11.0 Å². The smallest absolute Gasteiger partial charge is 0.368 e. The highest BCUT2D eigenvalue weighted by Gasteiger charge is 2.23. The summed E-state index contributed by atoms with van der Waals surface area (Å²) in [6, 6.07) is 13.1. The zero-order valence-corrected chi connectivity index (χ0v) is 11.3. The van der Waals surface area contributed by atoms with Crippen molar-refractivity contribution in [3.63, 3.8) is 0 Å². The summed E-state index contributed by atoms with van der Waals surface area (Å²) in [5, 5.41) is 12.7. The van der Waals surface area contributed by atoms with Crippen LogP contribution in [0.1, 0.15) is 0 Å². The molecule has 0 bridgehead atoms. The van der Waals surface area contributed by atoms with Crippen LogP contribution in [0.15, 0.2) is 48.8 Å². The number of fused-ring (bicyclic) bond motifs is 1. The molecule has 0 aliphatic heterocycles. The lowest BCUT2D eigenvalue weighted by molar-refractivity contribution is -0.386. The van der Waals surface area contributed by atoms with Crippen molar-refractivity contribution in [1.29, 1.82) is 0 Å². The number of nitro groups is 1. The molecule has 1 aromatic heterocycles. The third-order valence-corrected chi connectivity index (χ3v) is 3.14. The molecule has 0 aliphatic carbocycles. The predicted octanol–water partition coefficient (Wildman–Crippen LogP) is 3.98. The molecule has 3 aromatic rings. The van der Waals surface area contributed by atoms with Gasteiger partial charge in [-0.05, 0) is 22.9 Å². The van der Waals surface area contributed by atoms with Crippen LogP contribution in [-0.4, -0.2) is 14.9 Å². The van der Waals surface area contributed by atoms with E-state index in [0.29, 0.717) is 5.75 Å². The number of hydrogen-bond acceptors (Lipinski definition) is 5. The molecule has 0 N–H and O–H groups in total. The van der Waals surface area contributed by atoms with Crippen LogP contribution in [0.4, 0.5) is 5.69 Å². The second kappa shape index (κ2) is 5.34. The Kier molecular flexibility index (Phi) is 3.37. The van der Waals surface area contributed by atoms with Gasteiger partial charge in [-0.25, -0.2) is 4.98 Å². The molecule has 1 heterocycles. The molecule has 0 atom stereocenters. The highest BCUT2D eigenvalue weighted by atomic mass is 35.5. The highest BCUT2D eigenvalue weighted by molar-refractivity contribution is 6.31. The van der Waals surface area contributed by atoms with Gasteiger partial charge in [0.15, 0.2) is 0 Å². The van der Waals surface area contributed by atoms with Crippen LogP contribution in [0, 0.1) is 10.1 Å². The second-order valence-electron chi connectivity index (χ2n) is 4.19. The van der Waals surface area contributed by atoms with Crippen LogP contribution >= 0.6 is 11.6 Å². The first-order valence-corrected chi connectivity index (χ1v) is 6.34. The number of benzene rings is 2. The van der Waals surface area contributed by atoms with Crippen molar-refractivity contribution in [3.05, 3.63) is 64.1 Å². The van der Waals surface area contributed by atoms with E-state index in [2.05, 4.69) is 9.97 Å². The zero-order valence-electron chi connectivity index (χ0n) is 10.6. The Hall–Kier alpha value is -2.73. The molecular formula is C14H8ClN3O3. The molecule has 0 fully saturated rings. The fraction of sp³-hybridized carbons (Fsp3) is 0. The monoisotopic (exact) mass is 301 g/mol. The van der Waals surface area contributed by atoms with Gasteiger partial charge in [-0.2, -0.15) is 4.98 Å². The van der Waals surface area contributed by atoms with E-state index in [1.807, 2.05) is 30.3 Å². The van der Waals surface area contributed by atoms with E-state index in [1.54, 1.807) is 12.1 Å². The maximum Gasteiger partial charge on any atom is 0.368 e. The number of aromatic nitrogens is 2. The second-order valence-corrected chi connectivity index (χ2v) is 4.54. The molecule has 0 radical (unpaired) electrons. The van der Waals surface area contributed by atoms with Crippen LogP contribution < -0.4 is 4.74 Å². The van der Waals surface area contributed by atoms with E-state index in [1.165, 1.54) is 0 Å². The minimum Gasteiger partial charge on any atom is -0.434 e. The summed E-state index contributed by atoms with van der Waals surface area (Å²) in [6.07, 6.45) is 1.12. The lowest BCUT2D eigenvalue weighted by Crippen LogP contribution is -1.98. The Labute approximate surface area is 124 Å². The SMILES string of the molecule is O=[N+]([O-])c1c(Cl)ncnc1Oc1ccc2ccccc2c1. The van der Waals surface area contributed by atoms with Crippen LogP contribution in [0.2, 0.25) is 5.15 Å². The average Bonchev–Trinajstić information content (AvgIpc) is 2.47. The van der Waals surface area contributed by atoms with Crippen LogP contribution in [0.5, 0.6) is 11.6 Å². The fourth-order valence-corrected chi connectivity index (χ4v) is 2.11. The standard InChI is InChI=1S/C14H8ClN3O3/c15-13-12(18(19)20)14(17-8-16-13)21-11-6-5-9-3-1-2-4-10(9)7-11/h1-8H. The van der Waals surface area contributed by atoms with Crippen LogP contribution in [0.3, 0.4) is 0 Å². The minimum atomic E-state index is -0.668. The van der Waals surface area contributed by atoms with Gasteiger partial charge in [0.05, 0.1) is 4.92 Å². The van der Waals surface area contributed by atoms with Gasteiger partial charge in [0.2, 0.25) is 5.15 Å². The molecule has 3 rings (SSSR count). The molecule has 104 valence electrons. The Morgan fingerprint density at radius 2 is 1.86 bits per heavy atom. The molecule has 6 nitrogen and oxygen atoms in total. The molecule has 0 saturated carbocycles. The van der Waals surface area contributed by atoms with Crippen molar-refractivity contribution in [3.8, 4) is 11.6 Å². The highest BCUT2D eigenvalue weighted by Crippen LogP contribution is 2.34. The van der Waals surface area contributed by atoms with E-state index in [0.717, 1.165) is 17.1 Å². The third kappa shape index (κ3) is 2.61. The van der Waals surface area contributed by atoms with E-state index in [4.69, 9.17) is 16.3 Å². The van der Waals surface area contributed by atoms with Gasteiger partial charge in [-0.3, -0.25) is 10.1 Å². The molecule has 2 aromatic carbocycles. The van der Waals surface area contributed by atoms with Gasteiger partial charge < -0.3 is 4.74 Å². The lowest BCUT2D eigenvalue weighted by atomic mass is 10.1. The first kappa shape index (κ1) is 13.3. The van der Waals surface area contributed by atoms with Crippen LogP contribution in [0.25, 0.3) is 10.8 Å². The van der Waals surface area contributed by atoms with Crippen molar-refractivity contribution >= 4 is 28.1 Å². The normalized spacial score (nSPS) is 10.5. The molecule has 0 spiro atoms. The quantitative estimate of drug-likeness (QED) is 0.415. The van der Waals surface area contributed by atoms with Crippen molar-refractivity contribution in [2.24, 2.45) is 0 Å². The molecule has 0 amide bonds. The Bertz CT molecular complexity index is 839. The van der Waals surface area contributed by atoms with Gasteiger partial charge in [-0.15, -0.1) is 0 Å². The Morgan fingerprint density at radius 3 is 2.62 bits per heavy atom. The Morgan fingerprint density at radius 1 is 1.10 bits per heavy atom. The summed E-state index contributed by atoms with van der Waals surface area (Å²) < 4.78 is 5.48. The van der Waals surface area contributed by atoms with Gasteiger partial charge in [0, 0.05) is 0 Å². The minimum absolute atomic E-state index is 0.185. The van der Waals surface area contributed by atoms with Gasteiger partial charge >= 0.3 is 11.6 Å². The molecule has 21 heavy (non-hydrogen) atoms. The summed E-state index contributed by atoms with van der Waals surface area (Å²) in [5.41, 5.74) is -0.452. The number of rotatable bonds is 3. The predicted molar refractivity (Wildman–Crippen MR) is 77.7 cm³/mol. The first-order valence-electron chi connectivity index (χ1n) is 5.96. The lowest BCUT2D eigenvalue weighted by Gasteiger charge is -2.06. The molecule has 0 unspecified atom stereocenters. The fourth-order valence-electron chi connectivity index (χ4n) is 1.91. The molecular weight excluding hydrogens is 294 g/mol. The Balaban J connectivity index is 2.02. The van der Waals surface area contributed by atoms with E-state index >= 15 is 0 Å². The zero-order chi connectivity index (χ0) is 14.8. The van der Waals surface area contributed by atoms with Crippen LogP contribution in [-0.2, 0) is 0 Å². The van der Waals surface area contributed by atoms with Crippen molar-refractivity contribution in [2.45, 2.75) is 0 Å². The average molecular weight is 302 g/mol. The molecule has 0 saturated heterocycles. The third-order valence-electron chi connectivity index (χ3n) is 2.86. The maximum atomic E-state index is 11.0. The van der Waals surface area contributed by atoms with Crippen molar-refractivity contribution < 1.29 is 9.66 Å². The summed E-state index contributed by atoms with van der Waals surface area (Å²) in [4.78, 5) is 17.7. The van der Waals surface area contributed by atoms with E-state index in [9.17, 15) is 10.1 Å². The van der Waals surface area contributed by atoms with Crippen molar-refractivity contribution in [1.82, 2.24) is 9.97 Å². The summed E-state index contributed by atoms with van der Waals surface area (Å²) in [6.45, 7) is 0. The van der Waals surface area contributed by atoms with Gasteiger partial charge in [0.25, 0.3) is 0 Å². The maximum absolute atomic E-state index is 11.0. The molecule has 7 heteroatoms. The number of halogens is 1. The van der Waals surface area contributed by atoms with E-state index < -0.39 is 10.6 Å². The summed E-state index contributed by atoms with van der Waals surface area (Å²) in [5.74, 6) is 0.252. The first-order chi connectivity index (χ1) is 10.1. The summed E-state index contributed by atoms with van der Waals surface area (Å²) in [7, 11) is 0. The number of ether oxygens (including phenoxy) is 1. The van der Waals surface area contributed by atoms with Gasteiger partial charge in [-0.1, -0.05) is 41.9 Å². The number of nitrogens with zero attached hydrogens (tertiary/aromatic N) is 3. The van der Waals surface area contributed by atoms with Crippen molar-refractivity contribution in [2.75, 3.05) is 0 Å². The van der Waals surface area contributed by atoms with Gasteiger partial charge in [0.1, 0.15) is 12.1 Å². The summed E-state index contributed by atoms with van der Waals surface area (Å²) >= 11 is 5.71. The topological polar surface area (TPSA) is 78.2 Å². The molecule has 0 aliphatic rings. The number of hydrogen-bond donors (Lipinski definition) is 0.